The Labute approximate surface area is 193 Å². The maximum Gasteiger partial charge on any atom is 0.357 e. The van der Waals surface area contributed by atoms with Gasteiger partial charge in [0, 0.05) is 10.0 Å². The maximum atomic E-state index is 12.8. The molecule has 0 radical (unpaired) electrons. The van der Waals surface area contributed by atoms with Crippen LogP contribution in [0.15, 0.2) is 46.9 Å². The zero-order chi connectivity index (χ0) is 23.3. The number of benzene rings is 2. The Morgan fingerprint density at radius 1 is 1.06 bits per heavy atom. The topological polar surface area (TPSA) is 88.9 Å². The highest BCUT2D eigenvalue weighted by atomic mass is 79.9. The molecule has 1 aromatic heterocycles. The highest BCUT2D eigenvalue weighted by molar-refractivity contribution is 9.10. The molecule has 0 unspecified atom stereocenters. The number of ether oxygens (including phenoxy) is 4. The molecule has 0 N–H and O–H groups in total. The van der Waals surface area contributed by atoms with Crippen molar-refractivity contribution in [3.63, 3.8) is 0 Å². The first kappa shape index (κ1) is 22.9. The first-order chi connectivity index (χ1) is 15.5. The first-order valence-corrected chi connectivity index (χ1v) is 10.0. The average molecular weight is 499 g/mol. The monoisotopic (exact) mass is 498 g/mol. The summed E-state index contributed by atoms with van der Waals surface area (Å²) in [6.45, 7) is 0.0463. The van der Waals surface area contributed by atoms with Crippen LogP contribution in [0, 0.1) is 12.3 Å². The minimum absolute atomic E-state index is 0.0463. The fraction of sp³-hybridized carbons (Fsp3) is 0.174. The Morgan fingerprint density at radius 2 is 1.75 bits per heavy atom. The van der Waals surface area contributed by atoms with Crippen LogP contribution in [0.3, 0.4) is 0 Å². The van der Waals surface area contributed by atoms with E-state index in [1.54, 1.807) is 36.4 Å². The van der Waals surface area contributed by atoms with E-state index in [9.17, 15) is 9.59 Å². The molecular formula is C23H19BrN2O6. The van der Waals surface area contributed by atoms with Crippen LogP contribution in [0.25, 0.3) is 16.9 Å². The molecule has 0 saturated heterocycles. The van der Waals surface area contributed by atoms with Gasteiger partial charge >= 0.3 is 11.9 Å². The van der Waals surface area contributed by atoms with Crippen molar-refractivity contribution in [2.24, 2.45) is 0 Å². The lowest BCUT2D eigenvalue weighted by atomic mass is 10.0. The second kappa shape index (κ2) is 10.0. The van der Waals surface area contributed by atoms with E-state index in [1.165, 1.54) is 26.0 Å². The number of terminal acetylenes is 1. The zero-order valence-corrected chi connectivity index (χ0v) is 19.1. The Balaban J connectivity index is 2.34. The van der Waals surface area contributed by atoms with Crippen LogP contribution in [0.2, 0.25) is 0 Å². The summed E-state index contributed by atoms with van der Waals surface area (Å²) >= 11 is 3.48. The predicted octanol–water partition coefficient (Wildman–Crippen LogP) is 3.90. The largest absolute Gasteiger partial charge is 0.493 e. The number of hydrogen-bond acceptors (Lipinski definition) is 7. The second-order valence-corrected chi connectivity index (χ2v) is 7.13. The molecule has 0 aliphatic carbocycles. The smallest absolute Gasteiger partial charge is 0.357 e. The Kier molecular flexibility index (Phi) is 7.18. The molecule has 0 bridgehead atoms. The Morgan fingerprint density at radius 3 is 2.34 bits per heavy atom. The number of aromatic nitrogens is 2. The molecule has 3 aromatic rings. The van der Waals surface area contributed by atoms with E-state index in [0.29, 0.717) is 27.2 Å². The van der Waals surface area contributed by atoms with E-state index in [-0.39, 0.29) is 23.6 Å². The van der Waals surface area contributed by atoms with Crippen LogP contribution in [0.1, 0.15) is 20.8 Å². The van der Waals surface area contributed by atoms with E-state index in [1.807, 2.05) is 6.07 Å². The summed E-state index contributed by atoms with van der Waals surface area (Å²) < 4.78 is 22.7. The summed E-state index contributed by atoms with van der Waals surface area (Å²) in [5.74, 6) is 1.66. The van der Waals surface area contributed by atoms with E-state index >= 15 is 0 Å². The highest BCUT2D eigenvalue weighted by Crippen LogP contribution is 2.40. The van der Waals surface area contributed by atoms with Gasteiger partial charge in [0.15, 0.2) is 17.2 Å². The van der Waals surface area contributed by atoms with Gasteiger partial charge in [0.1, 0.15) is 17.9 Å². The van der Waals surface area contributed by atoms with Crippen molar-refractivity contribution in [2.75, 3.05) is 27.9 Å². The third kappa shape index (κ3) is 4.31. The SMILES string of the molecule is C#CCOc1cc(Br)c(-c2nn(-c3ccccc3)c(C(=O)OC)c2C(=O)OC)cc1OC. The molecule has 164 valence electrons. The van der Waals surface area contributed by atoms with E-state index in [2.05, 4.69) is 26.9 Å². The van der Waals surface area contributed by atoms with E-state index in [4.69, 9.17) is 25.4 Å². The van der Waals surface area contributed by atoms with Gasteiger partial charge in [-0.3, -0.25) is 0 Å². The quantitative estimate of drug-likeness (QED) is 0.360. The number of para-hydroxylation sites is 1. The third-order valence-electron chi connectivity index (χ3n) is 4.47. The van der Waals surface area contributed by atoms with Gasteiger partial charge in [-0.05, 0) is 40.2 Å². The summed E-state index contributed by atoms with van der Waals surface area (Å²) in [4.78, 5) is 25.5. The van der Waals surface area contributed by atoms with Crippen molar-refractivity contribution in [3.05, 3.63) is 58.2 Å². The summed E-state index contributed by atoms with van der Waals surface area (Å²) in [7, 11) is 3.92. The Hall–Kier alpha value is -3.77. The number of hydrogen-bond donors (Lipinski definition) is 0. The van der Waals surface area contributed by atoms with Crippen LogP contribution >= 0.6 is 15.9 Å². The van der Waals surface area contributed by atoms with Crippen LogP contribution in [-0.4, -0.2) is 49.7 Å². The van der Waals surface area contributed by atoms with Gasteiger partial charge in [0.25, 0.3) is 0 Å². The van der Waals surface area contributed by atoms with Crippen molar-refractivity contribution in [2.45, 2.75) is 0 Å². The van der Waals surface area contributed by atoms with Crippen molar-refractivity contribution in [1.82, 2.24) is 9.78 Å². The molecule has 32 heavy (non-hydrogen) atoms. The number of carbonyl (C=O) groups excluding carboxylic acids is 2. The number of nitrogens with zero attached hydrogens (tertiary/aromatic N) is 2. The van der Waals surface area contributed by atoms with Crippen LogP contribution in [0.5, 0.6) is 11.5 Å². The molecule has 1 heterocycles. The lowest BCUT2D eigenvalue weighted by Crippen LogP contribution is -2.15. The number of carbonyl (C=O) groups is 2. The lowest BCUT2D eigenvalue weighted by molar-refractivity contribution is 0.0549. The van der Waals surface area contributed by atoms with Crippen LogP contribution in [-0.2, 0) is 9.47 Å². The molecule has 3 rings (SSSR count). The summed E-state index contributed by atoms with van der Waals surface area (Å²) in [6.07, 6.45) is 5.28. The zero-order valence-electron chi connectivity index (χ0n) is 17.5. The van der Waals surface area contributed by atoms with E-state index in [0.717, 1.165) is 0 Å². The van der Waals surface area contributed by atoms with Crippen molar-refractivity contribution < 1.29 is 28.5 Å². The van der Waals surface area contributed by atoms with Crippen LogP contribution < -0.4 is 9.47 Å². The van der Waals surface area contributed by atoms with Gasteiger partial charge in [-0.2, -0.15) is 5.10 Å². The standard InChI is InChI=1S/C23H19BrN2O6/c1-5-11-32-18-13-16(24)15(12-17(18)29-2)20-19(22(27)30-3)21(23(28)31-4)26(25-20)14-9-7-6-8-10-14/h1,6-10,12-13H,11H2,2-4H3. The van der Waals surface area contributed by atoms with E-state index < -0.39 is 11.9 Å². The highest BCUT2D eigenvalue weighted by Gasteiger charge is 2.32. The minimum Gasteiger partial charge on any atom is -0.493 e. The molecule has 2 aromatic carbocycles. The van der Waals surface area contributed by atoms with Gasteiger partial charge in [-0.15, -0.1) is 6.42 Å². The second-order valence-electron chi connectivity index (χ2n) is 6.28. The molecule has 0 amide bonds. The summed E-state index contributed by atoms with van der Waals surface area (Å²) in [6, 6.07) is 12.2. The molecule has 0 fully saturated rings. The molecule has 0 aliphatic rings. The fourth-order valence-electron chi connectivity index (χ4n) is 3.05. The maximum absolute atomic E-state index is 12.8. The van der Waals surface area contributed by atoms with Crippen molar-refractivity contribution in [3.8, 4) is 40.8 Å². The molecule has 8 nitrogen and oxygen atoms in total. The van der Waals surface area contributed by atoms with Crippen molar-refractivity contribution >= 4 is 27.9 Å². The number of esters is 2. The molecular weight excluding hydrogens is 480 g/mol. The van der Waals surface area contributed by atoms with Gasteiger partial charge in [0.05, 0.1) is 27.0 Å². The first-order valence-electron chi connectivity index (χ1n) is 9.26. The minimum atomic E-state index is -0.749. The number of rotatable bonds is 7. The predicted molar refractivity (Wildman–Crippen MR) is 120 cm³/mol. The lowest BCUT2D eigenvalue weighted by Gasteiger charge is -2.12. The molecule has 0 saturated carbocycles. The molecule has 0 atom stereocenters. The number of methoxy groups -OCH3 is 3. The van der Waals surface area contributed by atoms with Gasteiger partial charge in [0.2, 0.25) is 0 Å². The summed E-state index contributed by atoms with van der Waals surface area (Å²) in [5, 5.41) is 4.57. The summed E-state index contributed by atoms with van der Waals surface area (Å²) in [5.41, 5.74) is 1.09. The van der Waals surface area contributed by atoms with Gasteiger partial charge < -0.3 is 18.9 Å². The fourth-order valence-corrected chi connectivity index (χ4v) is 3.56. The Bertz CT molecular complexity index is 1200. The molecule has 0 spiro atoms. The molecule has 0 aliphatic heterocycles. The third-order valence-corrected chi connectivity index (χ3v) is 5.13. The molecule has 9 heteroatoms. The van der Waals surface area contributed by atoms with Crippen LogP contribution in [0.4, 0.5) is 0 Å². The number of halogens is 1. The van der Waals surface area contributed by atoms with Gasteiger partial charge in [-0.25, -0.2) is 14.3 Å². The normalized spacial score (nSPS) is 10.2. The van der Waals surface area contributed by atoms with Gasteiger partial charge in [-0.1, -0.05) is 24.1 Å². The average Bonchev–Trinajstić information content (AvgIpc) is 3.22. The van der Waals surface area contributed by atoms with Crippen molar-refractivity contribution in [1.29, 1.82) is 0 Å².